The van der Waals surface area contributed by atoms with E-state index >= 15 is 0 Å². The lowest BCUT2D eigenvalue weighted by atomic mass is 10.2. The van der Waals surface area contributed by atoms with Gasteiger partial charge in [-0.1, -0.05) is 6.07 Å². The molecule has 0 spiro atoms. The number of carbonyl (C=O) groups excluding carboxylic acids is 1. The first-order chi connectivity index (χ1) is 8.58. The van der Waals surface area contributed by atoms with E-state index in [4.69, 9.17) is 10.2 Å². The van der Waals surface area contributed by atoms with Crippen molar-refractivity contribution in [1.29, 1.82) is 0 Å². The largest absolute Gasteiger partial charge is 0.444 e. The number of rotatable bonds is 3. The SMILES string of the molecule is Cc1cnc(CNC(=O)c2cccc(N)c2Br)o1. The van der Waals surface area contributed by atoms with Gasteiger partial charge in [-0.25, -0.2) is 4.98 Å². The van der Waals surface area contributed by atoms with Crippen molar-refractivity contribution in [2.75, 3.05) is 5.73 Å². The Morgan fingerprint density at radius 2 is 2.33 bits per heavy atom. The zero-order valence-corrected chi connectivity index (χ0v) is 11.3. The minimum Gasteiger partial charge on any atom is -0.444 e. The van der Waals surface area contributed by atoms with Gasteiger partial charge in [0, 0.05) is 5.69 Å². The fourth-order valence-electron chi connectivity index (χ4n) is 1.46. The molecule has 5 nitrogen and oxygen atoms in total. The van der Waals surface area contributed by atoms with Crippen LogP contribution in [0.3, 0.4) is 0 Å². The summed E-state index contributed by atoms with van der Waals surface area (Å²) < 4.78 is 5.85. The minimum atomic E-state index is -0.231. The van der Waals surface area contributed by atoms with Crippen LogP contribution in [0.2, 0.25) is 0 Å². The molecule has 0 saturated heterocycles. The molecule has 2 rings (SSSR count). The average Bonchev–Trinajstić information content (AvgIpc) is 2.76. The van der Waals surface area contributed by atoms with Crippen LogP contribution in [0.1, 0.15) is 22.0 Å². The highest BCUT2D eigenvalue weighted by Crippen LogP contribution is 2.23. The molecule has 18 heavy (non-hydrogen) atoms. The van der Waals surface area contributed by atoms with Gasteiger partial charge in [0.1, 0.15) is 5.76 Å². The van der Waals surface area contributed by atoms with Gasteiger partial charge in [0.05, 0.1) is 22.8 Å². The van der Waals surface area contributed by atoms with Gasteiger partial charge in [0.25, 0.3) is 5.91 Å². The number of hydrogen-bond donors (Lipinski definition) is 2. The fourth-order valence-corrected chi connectivity index (χ4v) is 1.90. The van der Waals surface area contributed by atoms with E-state index < -0.39 is 0 Å². The highest BCUT2D eigenvalue weighted by molar-refractivity contribution is 9.10. The van der Waals surface area contributed by atoms with Gasteiger partial charge in [-0.3, -0.25) is 4.79 Å². The topological polar surface area (TPSA) is 81.2 Å². The highest BCUT2D eigenvalue weighted by Gasteiger charge is 2.12. The maximum absolute atomic E-state index is 11.9. The average molecular weight is 310 g/mol. The molecule has 0 aliphatic rings. The van der Waals surface area contributed by atoms with Gasteiger partial charge in [-0.2, -0.15) is 0 Å². The maximum Gasteiger partial charge on any atom is 0.252 e. The second-order valence-corrected chi connectivity index (χ2v) is 4.55. The number of aromatic nitrogens is 1. The van der Waals surface area contributed by atoms with Crippen LogP contribution < -0.4 is 11.1 Å². The molecule has 0 radical (unpaired) electrons. The molecule has 0 unspecified atom stereocenters. The summed E-state index contributed by atoms with van der Waals surface area (Å²) in [6.45, 7) is 2.04. The van der Waals surface area contributed by atoms with Gasteiger partial charge in [0.15, 0.2) is 0 Å². The Morgan fingerprint density at radius 1 is 1.56 bits per heavy atom. The van der Waals surface area contributed by atoms with Crippen molar-refractivity contribution in [2.24, 2.45) is 0 Å². The van der Waals surface area contributed by atoms with Crippen LogP contribution in [0.15, 0.2) is 33.3 Å². The smallest absolute Gasteiger partial charge is 0.252 e. The first kappa shape index (κ1) is 12.6. The van der Waals surface area contributed by atoms with Crippen LogP contribution >= 0.6 is 15.9 Å². The minimum absolute atomic E-state index is 0.231. The summed E-state index contributed by atoms with van der Waals surface area (Å²) in [5, 5.41) is 2.72. The number of nitrogen functional groups attached to an aromatic ring is 1. The molecule has 2 aromatic rings. The molecule has 0 bridgehead atoms. The summed E-state index contributed by atoms with van der Waals surface area (Å²) >= 11 is 3.29. The molecular formula is C12H12BrN3O2. The normalized spacial score (nSPS) is 10.3. The van der Waals surface area contributed by atoms with E-state index in [1.807, 2.05) is 0 Å². The molecule has 1 heterocycles. The first-order valence-corrected chi connectivity index (χ1v) is 6.10. The molecule has 3 N–H and O–H groups in total. The van der Waals surface area contributed by atoms with Crippen LogP contribution in [0, 0.1) is 6.92 Å². The monoisotopic (exact) mass is 309 g/mol. The molecule has 0 fully saturated rings. The zero-order chi connectivity index (χ0) is 13.1. The van der Waals surface area contributed by atoms with E-state index in [1.165, 1.54) is 0 Å². The highest BCUT2D eigenvalue weighted by atomic mass is 79.9. The van der Waals surface area contributed by atoms with Crippen LogP contribution in [-0.2, 0) is 6.54 Å². The molecule has 0 aliphatic carbocycles. The van der Waals surface area contributed by atoms with Gasteiger partial charge in [-0.15, -0.1) is 0 Å². The summed E-state index contributed by atoms with van der Waals surface area (Å²) in [5.41, 5.74) is 6.72. The van der Waals surface area contributed by atoms with E-state index in [1.54, 1.807) is 31.3 Å². The summed E-state index contributed by atoms with van der Waals surface area (Å²) in [6, 6.07) is 5.14. The number of halogens is 1. The number of nitrogens with zero attached hydrogens (tertiary/aromatic N) is 1. The first-order valence-electron chi connectivity index (χ1n) is 5.31. The quantitative estimate of drug-likeness (QED) is 0.852. The van der Waals surface area contributed by atoms with Crippen molar-refractivity contribution in [3.8, 4) is 0 Å². The molecule has 1 amide bonds. The number of oxazole rings is 1. The molecule has 0 aliphatic heterocycles. The lowest BCUT2D eigenvalue weighted by Crippen LogP contribution is -2.23. The standard InChI is InChI=1S/C12H12BrN3O2/c1-7-5-15-10(18-7)6-16-12(17)8-3-2-4-9(14)11(8)13/h2-5H,6,14H2,1H3,(H,16,17). The molecule has 0 atom stereocenters. The van der Waals surface area contributed by atoms with E-state index in [-0.39, 0.29) is 12.5 Å². The summed E-state index contributed by atoms with van der Waals surface area (Å²) in [7, 11) is 0. The van der Waals surface area contributed by atoms with E-state index in [2.05, 4.69) is 26.2 Å². The second kappa shape index (κ2) is 5.22. The third-order valence-corrected chi connectivity index (χ3v) is 3.23. The lowest BCUT2D eigenvalue weighted by molar-refractivity contribution is 0.0946. The number of hydrogen-bond acceptors (Lipinski definition) is 4. The summed E-state index contributed by atoms with van der Waals surface area (Å²) in [5.74, 6) is 0.954. The number of benzene rings is 1. The fraction of sp³-hybridized carbons (Fsp3) is 0.167. The van der Waals surface area contributed by atoms with Crippen LogP contribution in [0.5, 0.6) is 0 Å². The van der Waals surface area contributed by atoms with Gasteiger partial charge in [-0.05, 0) is 35.0 Å². The molecule has 1 aromatic heterocycles. The van der Waals surface area contributed by atoms with Crippen molar-refractivity contribution in [3.63, 3.8) is 0 Å². The summed E-state index contributed by atoms with van der Waals surface area (Å²) in [4.78, 5) is 15.9. The molecule has 94 valence electrons. The van der Waals surface area contributed by atoms with Crippen molar-refractivity contribution in [2.45, 2.75) is 13.5 Å². The van der Waals surface area contributed by atoms with Crippen molar-refractivity contribution >= 4 is 27.5 Å². The summed E-state index contributed by atoms with van der Waals surface area (Å²) in [6.07, 6.45) is 1.61. The van der Waals surface area contributed by atoms with E-state index in [0.717, 1.165) is 0 Å². The van der Waals surface area contributed by atoms with E-state index in [9.17, 15) is 4.79 Å². The van der Waals surface area contributed by atoms with Gasteiger partial charge >= 0.3 is 0 Å². The van der Waals surface area contributed by atoms with Gasteiger partial charge < -0.3 is 15.5 Å². The third-order valence-electron chi connectivity index (χ3n) is 2.34. The number of nitrogens with two attached hydrogens (primary N) is 1. The second-order valence-electron chi connectivity index (χ2n) is 3.76. The number of amides is 1. The lowest BCUT2D eigenvalue weighted by Gasteiger charge is -2.06. The molecule has 0 saturated carbocycles. The number of carbonyl (C=O) groups is 1. The number of anilines is 1. The van der Waals surface area contributed by atoms with Gasteiger partial charge in [0.2, 0.25) is 5.89 Å². The predicted octanol–water partition coefficient (Wildman–Crippen LogP) is 2.26. The zero-order valence-electron chi connectivity index (χ0n) is 9.74. The van der Waals surface area contributed by atoms with E-state index in [0.29, 0.717) is 27.4 Å². The van der Waals surface area contributed by atoms with Crippen molar-refractivity contribution in [1.82, 2.24) is 10.3 Å². The Labute approximate surface area is 113 Å². The molecule has 6 heteroatoms. The van der Waals surface area contributed by atoms with Crippen LogP contribution in [0.4, 0.5) is 5.69 Å². The Balaban J connectivity index is 2.06. The van der Waals surface area contributed by atoms with Crippen molar-refractivity contribution < 1.29 is 9.21 Å². The molecular weight excluding hydrogens is 298 g/mol. The Hall–Kier alpha value is -1.82. The maximum atomic E-state index is 11.9. The Kier molecular flexibility index (Phi) is 3.66. The predicted molar refractivity (Wildman–Crippen MR) is 71.0 cm³/mol. The third kappa shape index (κ3) is 2.70. The Bertz CT molecular complexity index is 580. The molecule has 1 aromatic carbocycles. The van der Waals surface area contributed by atoms with Crippen LogP contribution in [-0.4, -0.2) is 10.9 Å². The Morgan fingerprint density at radius 3 is 3.00 bits per heavy atom. The van der Waals surface area contributed by atoms with Crippen LogP contribution in [0.25, 0.3) is 0 Å². The number of aryl methyl sites for hydroxylation is 1. The number of nitrogens with one attached hydrogen (secondary N) is 1. The van der Waals surface area contributed by atoms with Crippen molar-refractivity contribution in [3.05, 3.63) is 46.1 Å².